The molecule has 132 valence electrons. The Morgan fingerprint density at radius 2 is 1.92 bits per heavy atom. The van der Waals surface area contributed by atoms with E-state index >= 15 is 0 Å². The zero-order chi connectivity index (χ0) is 17.2. The molecule has 3 heterocycles. The van der Waals surface area contributed by atoms with E-state index in [1.165, 1.54) is 5.56 Å². The number of nitrogens with zero attached hydrogens (tertiary/aromatic N) is 5. The van der Waals surface area contributed by atoms with Gasteiger partial charge in [-0.15, -0.1) is 0 Å². The van der Waals surface area contributed by atoms with Crippen molar-refractivity contribution in [3.8, 4) is 0 Å². The average Bonchev–Trinajstić information content (AvgIpc) is 3.06. The van der Waals surface area contributed by atoms with Gasteiger partial charge in [0.2, 0.25) is 0 Å². The van der Waals surface area contributed by atoms with Gasteiger partial charge in [-0.1, -0.05) is 0 Å². The largest absolute Gasteiger partial charge is 0.299 e. The minimum atomic E-state index is 0.0693. The second-order valence-corrected chi connectivity index (χ2v) is 7.35. The molecular formula is C19H25N5O. The Morgan fingerprint density at radius 3 is 2.68 bits per heavy atom. The molecule has 0 radical (unpaired) electrons. The van der Waals surface area contributed by atoms with Crippen LogP contribution in [0.25, 0.3) is 0 Å². The van der Waals surface area contributed by atoms with Crippen LogP contribution in [0.4, 0.5) is 0 Å². The number of hydrogen-bond acceptors (Lipinski definition) is 5. The molecule has 0 unspecified atom stereocenters. The summed E-state index contributed by atoms with van der Waals surface area (Å²) in [4.78, 5) is 23.2. The Labute approximate surface area is 147 Å². The first kappa shape index (κ1) is 16.4. The van der Waals surface area contributed by atoms with Crippen LogP contribution in [-0.2, 0) is 25.9 Å². The smallest absolute Gasteiger partial charge is 0.267 e. The van der Waals surface area contributed by atoms with Gasteiger partial charge < -0.3 is 0 Å². The summed E-state index contributed by atoms with van der Waals surface area (Å²) < 4.78 is 1.71. The van der Waals surface area contributed by atoms with Crippen molar-refractivity contribution in [2.45, 2.75) is 52.1 Å². The average molecular weight is 339 g/mol. The van der Waals surface area contributed by atoms with E-state index in [0.29, 0.717) is 5.92 Å². The van der Waals surface area contributed by atoms with Gasteiger partial charge in [-0.25, -0.2) is 14.6 Å². The van der Waals surface area contributed by atoms with Crippen molar-refractivity contribution in [3.05, 3.63) is 51.5 Å². The highest BCUT2D eigenvalue weighted by molar-refractivity contribution is 5.22. The van der Waals surface area contributed by atoms with E-state index in [1.54, 1.807) is 4.68 Å². The van der Waals surface area contributed by atoms with Crippen molar-refractivity contribution < 1.29 is 0 Å². The van der Waals surface area contributed by atoms with E-state index in [9.17, 15) is 4.79 Å². The summed E-state index contributed by atoms with van der Waals surface area (Å²) in [6.45, 7) is 5.68. The van der Waals surface area contributed by atoms with Crippen molar-refractivity contribution in [1.82, 2.24) is 24.6 Å². The Hall–Kier alpha value is -2.08. The van der Waals surface area contributed by atoms with E-state index in [4.69, 9.17) is 0 Å². The standard InChI is InChI=1S/C19H25N5O/c1-14-20-10-16(11-21-14)12-23-7-5-15(6-8-23)13-24-19(25)9-17-3-2-4-18(17)22-24/h9-11,15H,2-8,12-13H2,1H3. The van der Waals surface area contributed by atoms with E-state index in [0.717, 1.165) is 75.4 Å². The van der Waals surface area contributed by atoms with Crippen LogP contribution in [-0.4, -0.2) is 37.7 Å². The first-order chi connectivity index (χ1) is 12.2. The van der Waals surface area contributed by atoms with Crippen molar-refractivity contribution >= 4 is 0 Å². The van der Waals surface area contributed by atoms with Crippen molar-refractivity contribution in [3.63, 3.8) is 0 Å². The third-order valence-corrected chi connectivity index (χ3v) is 5.40. The van der Waals surface area contributed by atoms with Crippen LogP contribution in [0.1, 0.15) is 41.9 Å². The lowest BCUT2D eigenvalue weighted by Gasteiger charge is -2.31. The van der Waals surface area contributed by atoms with Crippen LogP contribution in [0, 0.1) is 12.8 Å². The van der Waals surface area contributed by atoms with Crippen molar-refractivity contribution in [1.29, 1.82) is 0 Å². The number of rotatable bonds is 4. The van der Waals surface area contributed by atoms with Crippen LogP contribution < -0.4 is 5.56 Å². The van der Waals surface area contributed by atoms with Gasteiger partial charge in [-0.3, -0.25) is 9.69 Å². The molecule has 6 nitrogen and oxygen atoms in total. The predicted molar refractivity (Wildman–Crippen MR) is 95.3 cm³/mol. The molecule has 0 amide bonds. The molecule has 0 saturated carbocycles. The van der Waals surface area contributed by atoms with Gasteiger partial charge in [0.15, 0.2) is 0 Å². The predicted octanol–water partition coefficient (Wildman–Crippen LogP) is 1.74. The summed E-state index contributed by atoms with van der Waals surface area (Å²) in [6, 6.07) is 1.81. The van der Waals surface area contributed by atoms with Crippen LogP contribution >= 0.6 is 0 Å². The number of fused-ring (bicyclic) bond motifs is 1. The maximum absolute atomic E-state index is 12.3. The fraction of sp³-hybridized carbons (Fsp3) is 0.579. The molecule has 2 aromatic rings. The quantitative estimate of drug-likeness (QED) is 0.849. The number of aryl methyl sites for hydroxylation is 3. The molecule has 0 bridgehead atoms. The van der Waals surface area contributed by atoms with E-state index in [-0.39, 0.29) is 5.56 Å². The lowest BCUT2D eigenvalue weighted by molar-refractivity contribution is 0.163. The highest BCUT2D eigenvalue weighted by Crippen LogP contribution is 2.21. The van der Waals surface area contributed by atoms with E-state index in [1.807, 2.05) is 25.4 Å². The fourth-order valence-corrected chi connectivity index (χ4v) is 3.90. The minimum absolute atomic E-state index is 0.0693. The number of hydrogen-bond donors (Lipinski definition) is 0. The Kier molecular flexibility index (Phi) is 4.61. The monoisotopic (exact) mass is 339 g/mol. The Morgan fingerprint density at radius 1 is 1.16 bits per heavy atom. The van der Waals surface area contributed by atoms with Gasteiger partial charge in [-0.2, -0.15) is 5.10 Å². The molecule has 1 aliphatic carbocycles. The number of aromatic nitrogens is 4. The molecule has 2 aromatic heterocycles. The molecule has 0 N–H and O–H groups in total. The molecule has 6 heteroatoms. The second kappa shape index (κ2) is 7.04. The van der Waals surface area contributed by atoms with Gasteiger partial charge in [0.25, 0.3) is 5.56 Å². The van der Waals surface area contributed by atoms with Crippen LogP contribution in [0.5, 0.6) is 0 Å². The summed E-state index contributed by atoms with van der Waals surface area (Å²) >= 11 is 0. The maximum atomic E-state index is 12.3. The SMILES string of the molecule is Cc1ncc(CN2CCC(Cn3nc4c(cc3=O)CCC4)CC2)cn1. The maximum Gasteiger partial charge on any atom is 0.267 e. The van der Waals surface area contributed by atoms with Gasteiger partial charge >= 0.3 is 0 Å². The first-order valence-electron chi connectivity index (χ1n) is 9.27. The molecule has 4 rings (SSSR count). The normalized spacial score (nSPS) is 18.4. The minimum Gasteiger partial charge on any atom is -0.299 e. The zero-order valence-electron chi connectivity index (χ0n) is 14.8. The van der Waals surface area contributed by atoms with Crippen LogP contribution in [0.2, 0.25) is 0 Å². The molecule has 1 saturated heterocycles. The van der Waals surface area contributed by atoms with E-state index < -0.39 is 0 Å². The number of piperidine rings is 1. The van der Waals surface area contributed by atoms with Gasteiger partial charge in [-0.05, 0) is 63.6 Å². The third kappa shape index (κ3) is 3.79. The molecule has 1 fully saturated rings. The molecule has 0 spiro atoms. The highest BCUT2D eigenvalue weighted by Gasteiger charge is 2.22. The zero-order valence-corrected chi connectivity index (χ0v) is 14.8. The molecule has 1 aliphatic heterocycles. The highest BCUT2D eigenvalue weighted by atomic mass is 16.1. The van der Waals surface area contributed by atoms with E-state index in [2.05, 4.69) is 20.0 Å². The Balaban J connectivity index is 1.33. The topological polar surface area (TPSA) is 63.9 Å². The Bertz CT molecular complexity index is 790. The number of likely N-dealkylation sites (tertiary alicyclic amines) is 1. The lowest BCUT2D eigenvalue weighted by Crippen LogP contribution is -2.36. The van der Waals surface area contributed by atoms with Crippen molar-refractivity contribution in [2.24, 2.45) is 5.92 Å². The lowest BCUT2D eigenvalue weighted by atomic mass is 9.96. The van der Waals surface area contributed by atoms with Gasteiger partial charge in [0, 0.05) is 37.1 Å². The summed E-state index contributed by atoms with van der Waals surface area (Å²) in [5.41, 5.74) is 3.54. The third-order valence-electron chi connectivity index (χ3n) is 5.40. The van der Waals surface area contributed by atoms with Gasteiger partial charge in [0.1, 0.15) is 5.82 Å². The fourth-order valence-electron chi connectivity index (χ4n) is 3.90. The molecule has 0 aromatic carbocycles. The second-order valence-electron chi connectivity index (χ2n) is 7.35. The summed E-state index contributed by atoms with van der Waals surface area (Å²) in [5.74, 6) is 1.35. The molecule has 2 aliphatic rings. The first-order valence-corrected chi connectivity index (χ1v) is 9.27. The van der Waals surface area contributed by atoms with Gasteiger partial charge in [0.05, 0.1) is 5.69 Å². The van der Waals surface area contributed by atoms with Crippen molar-refractivity contribution in [2.75, 3.05) is 13.1 Å². The summed E-state index contributed by atoms with van der Waals surface area (Å²) in [7, 11) is 0. The van der Waals surface area contributed by atoms with Crippen LogP contribution in [0.3, 0.4) is 0 Å². The molecule has 0 atom stereocenters. The summed E-state index contributed by atoms with van der Waals surface area (Å²) in [6.07, 6.45) is 9.22. The molecular weight excluding hydrogens is 314 g/mol. The molecule has 25 heavy (non-hydrogen) atoms. The summed E-state index contributed by atoms with van der Waals surface area (Å²) in [5, 5.41) is 4.62. The van der Waals surface area contributed by atoms with Crippen LogP contribution in [0.15, 0.2) is 23.3 Å².